The quantitative estimate of drug-likeness (QED) is 0.185. The molecular formula is C30H28ClN3O5S. The normalized spacial score (nSPS) is 11.3. The van der Waals surface area contributed by atoms with Gasteiger partial charge in [0.1, 0.15) is 13.2 Å². The van der Waals surface area contributed by atoms with Crippen LogP contribution in [0.15, 0.2) is 107 Å². The molecule has 0 aromatic heterocycles. The van der Waals surface area contributed by atoms with E-state index in [1.807, 2.05) is 37.3 Å². The zero-order valence-corrected chi connectivity index (χ0v) is 23.5. The minimum Gasteiger partial charge on any atom is -0.493 e. The molecule has 4 rings (SSSR count). The first-order valence-electron chi connectivity index (χ1n) is 12.3. The zero-order valence-electron chi connectivity index (χ0n) is 22.0. The van der Waals surface area contributed by atoms with E-state index in [-0.39, 0.29) is 4.90 Å². The fourth-order valence-corrected chi connectivity index (χ4v) is 5.27. The van der Waals surface area contributed by atoms with Crippen molar-refractivity contribution in [2.45, 2.75) is 18.4 Å². The van der Waals surface area contributed by atoms with Crippen LogP contribution in [-0.4, -0.2) is 34.2 Å². The van der Waals surface area contributed by atoms with E-state index in [0.29, 0.717) is 34.4 Å². The van der Waals surface area contributed by atoms with Crippen LogP contribution in [0.1, 0.15) is 16.7 Å². The summed E-state index contributed by atoms with van der Waals surface area (Å²) < 4.78 is 39.2. The molecule has 4 aromatic rings. The molecule has 40 heavy (non-hydrogen) atoms. The highest BCUT2D eigenvalue weighted by molar-refractivity contribution is 7.92. The van der Waals surface area contributed by atoms with Crippen LogP contribution in [0.5, 0.6) is 11.5 Å². The Bertz CT molecular complexity index is 1580. The highest BCUT2D eigenvalue weighted by Crippen LogP contribution is 2.28. The Morgan fingerprint density at radius 3 is 2.33 bits per heavy atom. The highest BCUT2D eigenvalue weighted by Gasteiger charge is 2.27. The van der Waals surface area contributed by atoms with E-state index in [1.165, 1.54) is 37.6 Å². The molecule has 0 bridgehead atoms. The second-order valence-corrected chi connectivity index (χ2v) is 11.1. The number of amides is 1. The van der Waals surface area contributed by atoms with E-state index in [2.05, 4.69) is 10.5 Å². The maximum Gasteiger partial charge on any atom is 0.264 e. The molecule has 0 saturated heterocycles. The molecule has 8 nitrogen and oxygen atoms in total. The summed E-state index contributed by atoms with van der Waals surface area (Å²) in [4.78, 5) is 12.9. The van der Waals surface area contributed by atoms with Gasteiger partial charge in [-0.05, 0) is 72.6 Å². The Morgan fingerprint density at radius 2 is 1.65 bits per heavy atom. The number of nitrogens with one attached hydrogen (secondary N) is 1. The number of hydrazone groups is 1. The number of rotatable bonds is 11. The lowest BCUT2D eigenvalue weighted by atomic mass is 10.2. The lowest BCUT2D eigenvalue weighted by Crippen LogP contribution is -2.39. The van der Waals surface area contributed by atoms with Crippen LogP contribution in [0, 0.1) is 6.92 Å². The summed E-state index contributed by atoms with van der Waals surface area (Å²) in [5, 5.41) is 4.45. The summed E-state index contributed by atoms with van der Waals surface area (Å²) >= 11 is 5.99. The van der Waals surface area contributed by atoms with Gasteiger partial charge in [0.25, 0.3) is 15.9 Å². The molecule has 0 aliphatic heterocycles. The number of sulfonamides is 1. The standard InChI is InChI=1S/C30H28ClN3O5S/c1-22-8-15-27(16-9-22)40(36,37)34(26-13-11-25(31)12-14-26)20-30(35)33-32-19-24-10-17-28(29(18-24)38-2)39-21-23-6-4-3-5-7-23/h3-19H,20-21H2,1-2H3,(H,33,35)/b32-19-. The lowest BCUT2D eigenvalue weighted by Gasteiger charge is -2.23. The summed E-state index contributed by atoms with van der Waals surface area (Å²) in [6, 6.07) is 27.6. The molecule has 0 spiro atoms. The second kappa shape index (κ2) is 13.1. The van der Waals surface area contributed by atoms with Gasteiger partial charge in [-0.1, -0.05) is 59.6 Å². The number of ether oxygens (including phenoxy) is 2. The van der Waals surface area contributed by atoms with E-state index >= 15 is 0 Å². The number of nitrogens with zero attached hydrogens (tertiary/aromatic N) is 2. The van der Waals surface area contributed by atoms with Crippen LogP contribution in [0.3, 0.4) is 0 Å². The van der Waals surface area contributed by atoms with Gasteiger partial charge in [-0.25, -0.2) is 13.8 Å². The molecule has 0 aliphatic carbocycles. The molecule has 1 N–H and O–H groups in total. The van der Waals surface area contributed by atoms with E-state index in [9.17, 15) is 13.2 Å². The van der Waals surface area contributed by atoms with Crippen molar-refractivity contribution >= 4 is 39.4 Å². The molecular weight excluding hydrogens is 550 g/mol. The van der Waals surface area contributed by atoms with E-state index in [4.69, 9.17) is 21.1 Å². The molecule has 1 amide bonds. The molecule has 0 saturated carbocycles. The number of anilines is 1. The number of halogens is 1. The van der Waals surface area contributed by atoms with Crippen LogP contribution < -0.4 is 19.2 Å². The number of aryl methyl sites for hydroxylation is 1. The van der Waals surface area contributed by atoms with Crippen LogP contribution in [0.25, 0.3) is 0 Å². The maximum absolute atomic E-state index is 13.5. The first-order chi connectivity index (χ1) is 19.3. The monoisotopic (exact) mass is 577 g/mol. The van der Waals surface area contributed by atoms with Gasteiger partial charge < -0.3 is 9.47 Å². The SMILES string of the molecule is COc1cc(/C=N\NC(=O)CN(c2ccc(Cl)cc2)S(=O)(=O)c2ccc(C)cc2)ccc1OCc1ccccc1. The number of carbonyl (C=O) groups excluding carboxylic acids is 1. The Morgan fingerprint density at radius 1 is 0.950 bits per heavy atom. The number of hydrogen-bond donors (Lipinski definition) is 1. The number of benzene rings is 4. The van der Waals surface area contributed by atoms with Crippen molar-refractivity contribution in [3.8, 4) is 11.5 Å². The van der Waals surface area contributed by atoms with Gasteiger partial charge in [0.05, 0.1) is 23.9 Å². The summed E-state index contributed by atoms with van der Waals surface area (Å²) in [6.45, 7) is 1.75. The van der Waals surface area contributed by atoms with Crippen molar-refractivity contribution in [1.82, 2.24) is 5.43 Å². The smallest absolute Gasteiger partial charge is 0.264 e. The largest absolute Gasteiger partial charge is 0.493 e. The molecule has 0 aliphatic rings. The summed E-state index contributed by atoms with van der Waals surface area (Å²) in [5.74, 6) is 0.438. The van der Waals surface area contributed by atoms with Gasteiger partial charge in [0, 0.05) is 5.02 Å². The predicted molar refractivity (Wildman–Crippen MR) is 157 cm³/mol. The van der Waals surface area contributed by atoms with E-state index < -0.39 is 22.5 Å². The molecule has 0 radical (unpaired) electrons. The van der Waals surface area contributed by atoms with Gasteiger partial charge in [-0.3, -0.25) is 9.10 Å². The number of methoxy groups -OCH3 is 1. The van der Waals surface area contributed by atoms with Crippen LogP contribution in [-0.2, 0) is 21.4 Å². The topological polar surface area (TPSA) is 97.3 Å². The van der Waals surface area contributed by atoms with Crippen molar-refractivity contribution < 1.29 is 22.7 Å². The molecule has 10 heteroatoms. The van der Waals surface area contributed by atoms with Gasteiger partial charge >= 0.3 is 0 Å². The van der Waals surface area contributed by atoms with Crippen molar-refractivity contribution in [3.63, 3.8) is 0 Å². The number of carbonyl (C=O) groups is 1. The van der Waals surface area contributed by atoms with Crippen molar-refractivity contribution in [1.29, 1.82) is 0 Å². The van der Waals surface area contributed by atoms with Gasteiger partial charge in [-0.15, -0.1) is 0 Å². The van der Waals surface area contributed by atoms with Crippen LogP contribution in [0.4, 0.5) is 5.69 Å². The summed E-state index contributed by atoms with van der Waals surface area (Å²) in [6.07, 6.45) is 1.43. The van der Waals surface area contributed by atoms with Gasteiger partial charge in [-0.2, -0.15) is 5.10 Å². The van der Waals surface area contributed by atoms with Crippen molar-refractivity contribution in [2.24, 2.45) is 5.10 Å². The minimum absolute atomic E-state index is 0.0611. The molecule has 0 heterocycles. The Labute approximate surface area is 238 Å². The highest BCUT2D eigenvalue weighted by atomic mass is 35.5. The van der Waals surface area contributed by atoms with Crippen LogP contribution in [0.2, 0.25) is 5.02 Å². The molecule has 0 unspecified atom stereocenters. The summed E-state index contributed by atoms with van der Waals surface area (Å²) in [7, 11) is -2.51. The first-order valence-corrected chi connectivity index (χ1v) is 14.1. The predicted octanol–water partition coefficient (Wildman–Crippen LogP) is 5.58. The molecule has 206 valence electrons. The third-order valence-electron chi connectivity index (χ3n) is 5.84. The average molecular weight is 578 g/mol. The van der Waals surface area contributed by atoms with Crippen molar-refractivity contribution in [2.75, 3.05) is 18.0 Å². The maximum atomic E-state index is 13.5. The fourth-order valence-electron chi connectivity index (χ4n) is 3.72. The second-order valence-electron chi connectivity index (χ2n) is 8.78. The Hall–Kier alpha value is -4.34. The van der Waals surface area contributed by atoms with Crippen LogP contribution >= 0.6 is 11.6 Å². The first kappa shape index (κ1) is 28.7. The van der Waals surface area contributed by atoms with Crippen molar-refractivity contribution in [3.05, 3.63) is 119 Å². The van der Waals surface area contributed by atoms with E-state index in [0.717, 1.165) is 15.4 Å². The lowest BCUT2D eigenvalue weighted by molar-refractivity contribution is -0.119. The third kappa shape index (κ3) is 7.40. The van der Waals surface area contributed by atoms with E-state index in [1.54, 1.807) is 42.5 Å². The molecule has 0 fully saturated rings. The number of hydrogen-bond acceptors (Lipinski definition) is 6. The summed E-state index contributed by atoms with van der Waals surface area (Å²) in [5.41, 5.74) is 5.27. The fraction of sp³-hybridized carbons (Fsp3) is 0.133. The molecule has 0 atom stereocenters. The van der Waals surface area contributed by atoms with Gasteiger partial charge in [0.2, 0.25) is 0 Å². The minimum atomic E-state index is -4.05. The van der Waals surface area contributed by atoms with Gasteiger partial charge in [0.15, 0.2) is 11.5 Å². The average Bonchev–Trinajstić information content (AvgIpc) is 2.96. The Kier molecular flexibility index (Phi) is 9.42. The molecule has 4 aromatic carbocycles. The zero-order chi connectivity index (χ0) is 28.5. The Balaban J connectivity index is 1.45. The third-order valence-corrected chi connectivity index (χ3v) is 7.88.